The van der Waals surface area contributed by atoms with Gasteiger partial charge in [0.15, 0.2) is 0 Å². The molecular weight excluding hydrogens is 367 g/mol. The van der Waals surface area contributed by atoms with E-state index in [2.05, 4.69) is 19.7 Å². The number of nitrogens with one attached hydrogen (secondary N) is 2. The van der Waals surface area contributed by atoms with E-state index in [0.29, 0.717) is 0 Å². The van der Waals surface area contributed by atoms with Crippen LogP contribution in [0.3, 0.4) is 0 Å². The van der Waals surface area contributed by atoms with Crippen molar-refractivity contribution in [2.24, 2.45) is 10.2 Å². The molecule has 0 unspecified atom stereocenters. The molecule has 13 heteroatoms. The SMILES string of the molecule is CN1CCC[C@H]1CNS(=O)(=O)NC1=CN=N[C@@]1(C)OC(=O)C(F)(F)F. The van der Waals surface area contributed by atoms with E-state index >= 15 is 0 Å². The lowest BCUT2D eigenvalue weighted by molar-refractivity contribution is -0.209. The summed E-state index contributed by atoms with van der Waals surface area (Å²) in [5.74, 6) is -2.50. The van der Waals surface area contributed by atoms with Crippen LogP contribution in [0.4, 0.5) is 13.2 Å². The number of alkyl halides is 3. The number of ether oxygens (including phenoxy) is 1. The first-order valence-electron chi connectivity index (χ1n) is 7.33. The van der Waals surface area contributed by atoms with E-state index in [4.69, 9.17) is 0 Å². The maximum Gasteiger partial charge on any atom is 0.491 e. The van der Waals surface area contributed by atoms with Crippen LogP contribution in [0.25, 0.3) is 0 Å². The lowest BCUT2D eigenvalue weighted by Gasteiger charge is -2.25. The van der Waals surface area contributed by atoms with Crippen molar-refractivity contribution in [3.8, 4) is 0 Å². The molecule has 0 spiro atoms. The van der Waals surface area contributed by atoms with Crippen LogP contribution in [-0.2, 0) is 19.7 Å². The van der Waals surface area contributed by atoms with Crippen LogP contribution in [0.15, 0.2) is 22.1 Å². The highest BCUT2D eigenvalue weighted by atomic mass is 32.2. The molecule has 0 bridgehead atoms. The number of likely N-dealkylation sites (N-methyl/N-ethyl adjacent to an activating group) is 1. The third-order valence-corrected chi connectivity index (χ3v) is 4.92. The predicted molar refractivity (Wildman–Crippen MR) is 79.2 cm³/mol. The summed E-state index contributed by atoms with van der Waals surface area (Å²) in [7, 11) is -2.24. The first-order chi connectivity index (χ1) is 11.4. The maximum atomic E-state index is 12.3. The first-order valence-corrected chi connectivity index (χ1v) is 8.82. The van der Waals surface area contributed by atoms with Crippen molar-refractivity contribution < 1.29 is 31.1 Å². The highest BCUT2D eigenvalue weighted by Crippen LogP contribution is 2.30. The van der Waals surface area contributed by atoms with E-state index in [1.54, 1.807) is 0 Å². The van der Waals surface area contributed by atoms with E-state index in [-0.39, 0.29) is 12.6 Å². The highest BCUT2D eigenvalue weighted by molar-refractivity contribution is 7.87. The molecule has 1 saturated heterocycles. The maximum absolute atomic E-state index is 12.3. The minimum absolute atomic E-state index is 0.0259. The number of esters is 1. The zero-order valence-corrected chi connectivity index (χ0v) is 14.3. The predicted octanol–water partition coefficient (Wildman–Crippen LogP) is 0.634. The monoisotopic (exact) mass is 385 g/mol. The molecule has 1 fully saturated rings. The molecule has 2 aliphatic rings. The van der Waals surface area contributed by atoms with Gasteiger partial charge in [-0.15, -0.1) is 5.11 Å². The number of hydrogen-bond donors (Lipinski definition) is 2. The summed E-state index contributed by atoms with van der Waals surface area (Å²) in [4.78, 5) is 13.0. The summed E-state index contributed by atoms with van der Waals surface area (Å²) in [5, 5.41) is 6.71. The Labute approximate surface area is 142 Å². The molecule has 0 aromatic rings. The third kappa shape index (κ3) is 4.89. The van der Waals surface area contributed by atoms with Crippen LogP contribution in [-0.4, -0.2) is 57.4 Å². The average molecular weight is 385 g/mol. The molecule has 0 aliphatic carbocycles. The third-order valence-electron chi connectivity index (χ3n) is 3.88. The van der Waals surface area contributed by atoms with Crippen LogP contribution in [0.5, 0.6) is 0 Å². The van der Waals surface area contributed by atoms with E-state index < -0.39 is 33.8 Å². The molecule has 0 aromatic heterocycles. The number of likely N-dealkylation sites (tertiary alicyclic amines) is 1. The number of hydrogen-bond acceptors (Lipinski definition) is 7. The van der Waals surface area contributed by atoms with Gasteiger partial charge >= 0.3 is 12.1 Å². The Morgan fingerprint density at radius 1 is 1.52 bits per heavy atom. The van der Waals surface area contributed by atoms with Crippen LogP contribution >= 0.6 is 0 Å². The highest BCUT2D eigenvalue weighted by Gasteiger charge is 2.48. The van der Waals surface area contributed by atoms with E-state index in [9.17, 15) is 26.4 Å². The molecule has 2 rings (SSSR count). The summed E-state index contributed by atoms with van der Waals surface area (Å²) >= 11 is 0. The van der Waals surface area contributed by atoms with Gasteiger partial charge in [-0.25, -0.2) is 4.79 Å². The van der Waals surface area contributed by atoms with Gasteiger partial charge in [0.25, 0.3) is 15.9 Å². The number of azo groups is 1. The zero-order valence-electron chi connectivity index (χ0n) is 13.5. The van der Waals surface area contributed by atoms with Gasteiger partial charge in [-0.1, -0.05) is 0 Å². The molecule has 142 valence electrons. The Balaban J connectivity index is 1.99. The van der Waals surface area contributed by atoms with E-state index in [1.165, 1.54) is 0 Å². The van der Waals surface area contributed by atoms with Gasteiger partial charge in [0.2, 0.25) is 0 Å². The lowest BCUT2D eigenvalue weighted by Crippen LogP contribution is -2.47. The summed E-state index contributed by atoms with van der Waals surface area (Å²) in [6.45, 7) is 1.98. The minimum atomic E-state index is -5.24. The van der Waals surface area contributed by atoms with E-state index in [1.807, 2.05) is 16.7 Å². The summed E-state index contributed by atoms with van der Waals surface area (Å²) < 4.78 is 69.8. The van der Waals surface area contributed by atoms with E-state index in [0.717, 1.165) is 32.5 Å². The lowest BCUT2D eigenvalue weighted by atomic mass is 10.2. The fourth-order valence-corrected chi connectivity index (χ4v) is 3.44. The molecule has 9 nitrogen and oxygen atoms in total. The Hall–Kier alpha value is -1.73. The Kier molecular flexibility index (Phi) is 5.39. The Morgan fingerprint density at radius 2 is 2.20 bits per heavy atom. The van der Waals surface area contributed by atoms with Gasteiger partial charge in [-0.3, -0.25) is 4.72 Å². The van der Waals surface area contributed by atoms with Crippen molar-refractivity contribution in [1.82, 2.24) is 14.3 Å². The molecular formula is C12H18F3N5O4S. The second-order valence-electron chi connectivity index (χ2n) is 5.86. The number of carbonyl (C=O) groups excluding carboxylic acids is 1. The molecule has 0 radical (unpaired) electrons. The van der Waals surface area contributed by atoms with Crippen molar-refractivity contribution >= 4 is 16.2 Å². The van der Waals surface area contributed by atoms with Crippen LogP contribution in [0.1, 0.15) is 19.8 Å². The van der Waals surface area contributed by atoms with Crippen molar-refractivity contribution in [2.75, 3.05) is 20.1 Å². The fraction of sp³-hybridized carbons (Fsp3) is 0.750. The number of halogens is 3. The van der Waals surface area contributed by atoms with Gasteiger partial charge in [0, 0.05) is 19.5 Å². The number of carbonyl (C=O) groups is 1. The Morgan fingerprint density at radius 3 is 2.76 bits per heavy atom. The molecule has 0 aromatic carbocycles. The van der Waals surface area contributed by atoms with Gasteiger partial charge in [-0.05, 0) is 26.4 Å². The van der Waals surface area contributed by atoms with Crippen molar-refractivity contribution in [3.05, 3.63) is 11.9 Å². The second kappa shape index (κ2) is 6.88. The average Bonchev–Trinajstić information content (AvgIpc) is 3.02. The van der Waals surface area contributed by atoms with Gasteiger partial charge < -0.3 is 9.64 Å². The standard InChI is InChI=1S/C12H18F3N5O4S/c1-11(24-10(21)12(13,14)15)9(7-16-19-11)18-25(22,23)17-6-8-4-3-5-20(8)2/h7-8,17-18H,3-6H2,1-2H3/t8-,11-/m0/s1. The second-order valence-corrected chi connectivity index (χ2v) is 7.36. The molecule has 0 saturated carbocycles. The molecule has 2 aliphatic heterocycles. The first kappa shape index (κ1) is 19.6. The number of nitrogens with zero attached hydrogens (tertiary/aromatic N) is 3. The molecule has 2 atom stereocenters. The van der Waals surface area contributed by atoms with Gasteiger partial charge in [0.05, 0.1) is 6.20 Å². The summed E-state index contributed by atoms with van der Waals surface area (Å²) in [6.07, 6.45) is -2.58. The van der Waals surface area contributed by atoms with Crippen molar-refractivity contribution in [2.45, 2.75) is 37.7 Å². The number of rotatable bonds is 6. The summed E-state index contributed by atoms with van der Waals surface area (Å²) in [6, 6.07) is 0.0259. The van der Waals surface area contributed by atoms with Crippen LogP contribution in [0, 0.1) is 0 Å². The quantitative estimate of drug-likeness (QED) is 0.652. The van der Waals surface area contributed by atoms with Gasteiger partial charge in [-0.2, -0.15) is 31.4 Å². The smallest absolute Gasteiger partial charge is 0.423 e. The molecule has 25 heavy (non-hydrogen) atoms. The van der Waals surface area contributed by atoms with Crippen molar-refractivity contribution in [3.63, 3.8) is 0 Å². The van der Waals surface area contributed by atoms with Crippen LogP contribution < -0.4 is 9.44 Å². The van der Waals surface area contributed by atoms with Gasteiger partial charge in [0.1, 0.15) is 5.70 Å². The molecule has 2 N–H and O–H groups in total. The topological polar surface area (TPSA) is 112 Å². The minimum Gasteiger partial charge on any atom is -0.423 e. The molecule has 0 amide bonds. The normalized spacial score (nSPS) is 27.4. The zero-order chi connectivity index (χ0) is 18.9. The Bertz CT molecular complexity index is 693. The largest absolute Gasteiger partial charge is 0.491 e. The van der Waals surface area contributed by atoms with Crippen molar-refractivity contribution in [1.29, 1.82) is 0 Å². The summed E-state index contributed by atoms with van der Waals surface area (Å²) in [5.41, 5.74) is -2.61. The fourth-order valence-electron chi connectivity index (χ4n) is 2.43. The van der Waals surface area contributed by atoms with Crippen LogP contribution in [0.2, 0.25) is 0 Å². The molecule has 2 heterocycles.